The van der Waals surface area contributed by atoms with Crippen LogP contribution in [0.15, 0.2) is 12.2 Å². The molecule has 0 aliphatic heterocycles. The molecule has 1 rings (SSSR count). The van der Waals surface area contributed by atoms with Gasteiger partial charge in [-0.15, -0.1) is 0 Å². The normalized spacial score (nSPS) is 38.9. The van der Waals surface area contributed by atoms with Crippen molar-refractivity contribution in [2.45, 2.75) is 38.8 Å². The summed E-state index contributed by atoms with van der Waals surface area (Å²) in [7, 11) is 0. The van der Waals surface area contributed by atoms with Crippen molar-refractivity contribution in [3.05, 3.63) is 12.2 Å². The summed E-state index contributed by atoms with van der Waals surface area (Å²) in [6, 6.07) is 0. The summed E-state index contributed by atoms with van der Waals surface area (Å²) in [6.45, 7) is 3.70. The van der Waals surface area contributed by atoms with Crippen molar-refractivity contribution >= 4 is 0 Å². The molecule has 1 aliphatic rings. The second kappa shape index (κ2) is 2.73. The van der Waals surface area contributed by atoms with Crippen LogP contribution >= 0.6 is 0 Å². The van der Waals surface area contributed by atoms with Gasteiger partial charge in [0.15, 0.2) is 0 Å². The van der Waals surface area contributed by atoms with Crippen molar-refractivity contribution in [1.29, 1.82) is 0 Å². The summed E-state index contributed by atoms with van der Waals surface area (Å²) in [5.41, 5.74) is -0.818. The molecular formula is C9H15F. The van der Waals surface area contributed by atoms with E-state index in [0.717, 1.165) is 19.3 Å². The average Bonchev–Trinajstić information content (AvgIpc) is 2.41. The van der Waals surface area contributed by atoms with Gasteiger partial charge in [-0.1, -0.05) is 12.2 Å². The highest BCUT2D eigenvalue weighted by Gasteiger charge is 2.49. The topological polar surface area (TPSA) is 0 Å². The molecule has 1 saturated carbocycles. The van der Waals surface area contributed by atoms with Crippen LogP contribution in [0.2, 0.25) is 0 Å². The molecule has 0 aromatic heterocycles. The number of rotatable bonds is 3. The Balaban J connectivity index is 2.07. The van der Waals surface area contributed by atoms with E-state index in [1.807, 2.05) is 13.0 Å². The van der Waals surface area contributed by atoms with E-state index in [0.29, 0.717) is 5.92 Å². The van der Waals surface area contributed by atoms with E-state index >= 15 is 0 Å². The quantitative estimate of drug-likeness (QED) is 0.531. The van der Waals surface area contributed by atoms with Crippen LogP contribution in [0, 0.1) is 5.92 Å². The van der Waals surface area contributed by atoms with Gasteiger partial charge in [-0.05, 0) is 39.0 Å². The van der Waals surface area contributed by atoms with Gasteiger partial charge in [0.05, 0.1) is 0 Å². The number of alkyl halides is 1. The third-order valence-corrected chi connectivity index (χ3v) is 2.25. The van der Waals surface area contributed by atoms with Gasteiger partial charge >= 0.3 is 0 Å². The number of halogens is 1. The fourth-order valence-electron chi connectivity index (χ4n) is 1.29. The fraction of sp³-hybridized carbons (Fsp3) is 0.778. The van der Waals surface area contributed by atoms with Crippen LogP contribution in [-0.4, -0.2) is 5.67 Å². The Labute approximate surface area is 62.1 Å². The van der Waals surface area contributed by atoms with Crippen LogP contribution in [0.5, 0.6) is 0 Å². The Bertz CT molecular complexity index is 136. The molecule has 0 aromatic carbocycles. The molecule has 0 N–H and O–H groups in total. The second-order valence-corrected chi connectivity index (χ2v) is 3.33. The van der Waals surface area contributed by atoms with Crippen LogP contribution in [0.25, 0.3) is 0 Å². The van der Waals surface area contributed by atoms with E-state index in [1.54, 1.807) is 6.92 Å². The lowest BCUT2D eigenvalue weighted by atomic mass is 10.2. The predicted molar refractivity (Wildman–Crippen MR) is 41.7 cm³/mol. The molecule has 1 aliphatic carbocycles. The zero-order valence-electron chi connectivity index (χ0n) is 6.73. The smallest absolute Gasteiger partial charge is 0.111 e. The highest BCUT2D eigenvalue weighted by atomic mass is 19.1. The largest absolute Gasteiger partial charge is 0.244 e. The maximum Gasteiger partial charge on any atom is 0.111 e. The predicted octanol–water partition coefficient (Wildman–Crippen LogP) is 3.09. The van der Waals surface area contributed by atoms with Crippen LogP contribution in [0.1, 0.15) is 33.1 Å². The molecule has 0 amide bonds. The maximum absolute atomic E-state index is 12.9. The molecule has 2 atom stereocenters. The van der Waals surface area contributed by atoms with Gasteiger partial charge in [0.2, 0.25) is 0 Å². The Hall–Kier alpha value is -0.330. The minimum atomic E-state index is -0.818. The van der Waals surface area contributed by atoms with Crippen LogP contribution in [0.3, 0.4) is 0 Å². The standard InChI is InChI=1S/C9H15F/c1-3-4-5-6-8-7-9(8,2)10/h3-4,8H,5-7H2,1-2H3/b4-3-. The zero-order chi connectivity index (χ0) is 7.61. The van der Waals surface area contributed by atoms with Crippen molar-refractivity contribution < 1.29 is 4.39 Å². The molecule has 10 heavy (non-hydrogen) atoms. The molecule has 1 fully saturated rings. The van der Waals surface area contributed by atoms with Crippen LogP contribution in [-0.2, 0) is 0 Å². The van der Waals surface area contributed by atoms with E-state index in [9.17, 15) is 4.39 Å². The summed E-state index contributed by atoms with van der Waals surface area (Å²) in [4.78, 5) is 0. The number of hydrogen-bond donors (Lipinski definition) is 0. The van der Waals surface area contributed by atoms with Gasteiger partial charge in [-0.3, -0.25) is 0 Å². The summed E-state index contributed by atoms with van der Waals surface area (Å²) in [6.07, 6.45) is 6.98. The fourth-order valence-corrected chi connectivity index (χ4v) is 1.29. The molecule has 0 heterocycles. The molecule has 0 nitrogen and oxygen atoms in total. The van der Waals surface area contributed by atoms with Crippen LogP contribution in [0.4, 0.5) is 4.39 Å². The third kappa shape index (κ3) is 1.83. The lowest BCUT2D eigenvalue weighted by Gasteiger charge is -1.95. The maximum atomic E-state index is 12.9. The first-order valence-corrected chi connectivity index (χ1v) is 3.97. The van der Waals surface area contributed by atoms with E-state index in [2.05, 4.69) is 6.08 Å². The van der Waals surface area contributed by atoms with Crippen molar-refractivity contribution in [3.63, 3.8) is 0 Å². The van der Waals surface area contributed by atoms with Crippen molar-refractivity contribution in [1.82, 2.24) is 0 Å². The van der Waals surface area contributed by atoms with E-state index in [4.69, 9.17) is 0 Å². The van der Waals surface area contributed by atoms with Crippen LogP contribution < -0.4 is 0 Å². The molecular weight excluding hydrogens is 127 g/mol. The van der Waals surface area contributed by atoms with E-state index < -0.39 is 5.67 Å². The first-order valence-electron chi connectivity index (χ1n) is 3.97. The monoisotopic (exact) mass is 142 g/mol. The lowest BCUT2D eigenvalue weighted by molar-refractivity contribution is 0.304. The van der Waals surface area contributed by atoms with Gasteiger partial charge in [-0.2, -0.15) is 0 Å². The third-order valence-electron chi connectivity index (χ3n) is 2.25. The second-order valence-electron chi connectivity index (χ2n) is 3.33. The van der Waals surface area contributed by atoms with Gasteiger partial charge in [-0.25, -0.2) is 4.39 Å². The SMILES string of the molecule is C/C=C\CCC1CC1(C)F. The first-order chi connectivity index (χ1) is 4.67. The highest BCUT2D eigenvalue weighted by Crippen LogP contribution is 2.49. The zero-order valence-corrected chi connectivity index (χ0v) is 6.73. The van der Waals surface area contributed by atoms with Gasteiger partial charge in [0.25, 0.3) is 0 Å². The average molecular weight is 142 g/mol. The summed E-state index contributed by atoms with van der Waals surface area (Å²) in [5.74, 6) is 0.351. The molecule has 0 aromatic rings. The molecule has 58 valence electrons. The van der Waals surface area contributed by atoms with Crippen molar-refractivity contribution in [2.75, 3.05) is 0 Å². The van der Waals surface area contributed by atoms with E-state index in [1.165, 1.54) is 0 Å². The molecule has 0 bridgehead atoms. The minimum absolute atomic E-state index is 0.351. The summed E-state index contributed by atoms with van der Waals surface area (Å²) < 4.78 is 12.9. The van der Waals surface area contributed by atoms with Gasteiger partial charge in [0, 0.05) is 0 Å². The lowest BCUT2D eigenvalue weighted by Crippen LogP contribution is -1.94. The Morgan fingerprint density at radius 1 is 1.70 bits per heavy atom. The summed E-state index contributed by atoms with van der Waals surface area (Å²) in [5, 5.41) is 0. The molecule has 0 radical (unpaired) electrons. The highest BCUT2D eigenvalue weighted by molar-refractivity contribution is 5.00. The summed E-state index contributed by atoms with van der Waals surface area (Å²) >= 11 is 0. The Morgan fingerprint density at radius 2 is 2.30 bits per heavy atom. The molecule has 0 spiro atoms. The minimum Gasteiger partial charge on any atom is -0.244 e. The molecule has 2 unspecified atom stereocenters. The first kappa shape index (κ1) is 7.77. The van der Waals surface area contributed by atoms with Gasteiger partial charge in [0.1, 0.15) is 5.67 Å². The Kier molecular flexibility index (Phi) is 2.12. The number of allylic oxidation sites excluding steroid dienone is 2. The van der Waals surface area contributed by atoms with Gasteiger partial charge < -0.3 is 0 Å². The van der Waals surface area contributed by atoms with Crippen molar-refractivity contribution in [2.24, 2.45) is 5.92 Å². The molecule has 1 heteroatoms. The van der Waals surface area contributed by atoms with E-state index in [-0.39, 0.29) is 0 Å². The number of hydrogen-bond acceptors (Lipinski definition) is 0. The van der Waals surface area contributed by atoms with Crippen molar-refractivity contribution in [3.8, 4) is 0 Å². The Morgan fingerprint density at radius 3 is 2.70 bits per heavy atom. The molecule has 0 saturated heterocycles.